The van der Waals surface area contributed by atoms with Crippen LogP contribution in [-0.2, 0) is 22.6 Å². The number of aliphatic imine (C=N–C) groups is 1. The lowest BCUT2D eigenvalue weighted by Gasteiger charge is -2.22. The van der Waals surface area contributed by atoms with Crippen molar-refractivity contribution in [2.24, 2.45) is 4.99 Å². The Morgan fingerprint density at radius 2 is 2.04 bits per heavy atom. The monoisotopic (exact) mass is 319 g/mol. The minimum absolute atomic E-state index is 0.333. The van der Waals surface area contributed by atoms with Gasteiger partial charge in [0.25, 0.3) is 0 Å². The van der Waals surface area contributed by atoms with Crippen molar-refractivity contribution in [2.75, 3.05) is 20.3 Å². The fourth-order valence-corrected chi connectivity index (χ4v) is 2.54. The lowest BCUT2D eigenvalue weighted by Crippen LogP contribution is -2.40. The van der Waals surface area contributed by atoms with E-state index in [2.05, 4.69) is 53.7 Å². The summed E-state index contributed by atoms with van der Waals surface area (Å²) in [6.07, 6.45) is 2.33. The first-order valence-electron chi connectivity index (χ1n) is 8.41. The van der Waals surface area contributed by atoms with Crippen LogP contribution in [0.5, 0.6) is 0 Å². The molecule has 0 amide bonds. The van der Waals surface area contributed by atoms with Crippen LogP contribution in [0.1, 0.15) is 37.8 Å². The van der Waals surface area contributed by atoms with Crippen LogP contribution in [0, 0.1) is 0 Å². The molecule has 0 saturated carbocycles. The van der Waals surface area contributed by atoms with Crippen molar-refractivity contribution in [3.8, 4) is 0 Å². The highest BCUT2D eigenvalue weighted by Gasteiger charge is 2.14. The second kappa shape index (κ2) is 9.53. The average molecular weight is 319 g/mol. The van der Waals surface area contributed by atoms with Crippen molar-refractivity contribution in [1.82, 2.24) is 10.6 Å². The molecule has 23 heavy (non-hydrogen) atoms. The molecule has 128 valence electrons. The van der Waals surface area contributed by atoms with Gasteiger partial charge in [-0.25, -0.2) is 0 Å². The molecule has 2 N–H and O–H groups in total. The highest BCUT2D eigenvalue weighted by atomic mass is 16.5. The quantitative estimate of drug-likeness (QED) is 0.625. The van der Waals surface area contributed by atoms with Crippen LogP contribution >= 0.6 is 0 Å². The highest BCUT2D eigenvalue weighted by molar-refractivity contribution is 5.79. The molecule has 0 aromatic heterocycles. The molecule has 0 aliphatic carbocycles. The minimum Gasteiger partial charge on any atom is -0.381 e. The van der Waals surface area contributed by atoms with Crippen molar-refractivity contribution in [3.63, 3.8) is 0 Å². The van der Waals surface area contributed by atoms with Crippen molar-refractivity contribution < 1.29 is 9.47 Å². The number of hydrogen-bond donors (Lipinski definition) is 2. The molecule has 0 atom stereocenters. The molecule has 5 nitrogen and oxygen atoms in total. The van der Waals surface area contributed by atoms with Crippen LogP contribution in [0.4, 0.5) is 0 Å². The maximum atomic E-state index is 5.99. The molecule has 1 saturated heterocycles. The summed E-state index contributed by atoms with van der Waals surface area (Å²) in [5.41, 5.74) is 2.44. The summed E-state index contributed by atoms with van der Waals surface area (Å²) in [5.74, 6) is 0.823. The number of hydrogen-bond acceptors (Lipinski definition) is 3. The topological polar surface area (TPSA) is 54.9 Å². The summed E-state index contributed by atoms with van der Waals surface area (Å²) < 4.78 is 11.3. The zero-order valence-corrected chi connectivity index (χ0v) is 14.5. The molecular formula is C18H29N3O2. The highest BCUT2D eigenvalue weighted by Crippen LogP contribution is 2.14. The SMILES string of the molecule is CN=C(NCc1cccc(COC2CCOCC2)c1)NC(C)C. The normalized spacial score (nSPS) is 16.6. The number of ether oxygens (including phenoxy) is 2. The van der Waals surface area contributed by atoms with Crippen LogP contribution in [0.25, 0.3) is 0 Å². The van der Waals surface area contributed by atoms with Gasteiger partial charge >= 0.3 is 0 Å². The van der Waals surface area contributed by atoms with E-state index < -0.39 is 0 Å². The molecule has 1 fully saturated rings. The van der Waals surface area contributed by atoms with Gasteiger partial charge in [-0.15, -0.1) is 0 Å². The first-order valence-corrected chi connectivity index (χ1v) is 8.41. The van der Waals surface area contributed by atoms with Crippen LogP contribution in [0.3, 0.4) is 0 Å². The third kappa shape index (κ3) is 6.59. The summed E-state index contributed by atoms with van der Waals surface area (Å²) in [4.78, 5) is 4.22. The summed E-state index contributed by atoms with van der Waals surface area (Å²) in [5, 5.41) is 6.62. The Morgan fingerprint density at radius 1 is 1.30 bits per heavy atom. The molecule has 1 aliphatic heterocycles. The van der Waals surface area contributed by atoms with Gasteiger partial charge in [-0.3, -0.25) is 4.99 Å². The Hall–Kier alpha value is -1.59. The van der Waals surface area contributed by atoms with Gasteiger partial charge < -0.3 is 20.1 Å². The second-order valence-corrected chi connectivity index (χ2v) is 6.17. The van der Waals surface area contributed by atoms with Crippen LogP contribution in [-0.4, -0.2) is 38.4 Å². The Labute approximate surface area is 139 Å². The van der Waals surface area contributed by atoms with Gasteiger partial charge in [-0.2, -0.15) is 0 Å². The van der Waals surface area contributed by atoms with E-state index in [9.17, 15) is 0 Å². The number of nitrogens with zero attached hydrogens (tertiary/aromatic N) is 1. The molecule has 0 radical (unpaired) electrons. The minimum atomic E-state index is 0.333. The Bertz CT molecular complexity index is 497. The fraction of sp³-hybridized carbons (Fsp3) is 0.611. The van der Waals surface area contributed by atoms with E-state index in [-0.39, 0.29) is 0 Å². The van der Waals surface area contributed by atoms with Gasteiger partial charge in [-0.1, -0.05) is 24.3 Å². The van der Waals surface area contributed by atoms with Gasteiger partial charge in [0.15, 0.2) is 5.96 Å². The van der Waals surface area contributed by atoms with E-state index in [1.165, 1.54) is 11.1 Å². The van der Waals surface area contributed by atoms with Crippen molar-refractivity contribution in [3.05, 3.63) is 35.4 Å². The van der Waals surface area contributed by atoms with Gasteiger partial charge in [0.2, 0.25) is 0 Å². The number of guanidine groups is 1. The summed E-state index contributed by atoms with van der Waals surface area (Å²) >= 11 is 0. The molecule has 0 bridgehead atoms. The molecule has 5 heteroatoms. The van der Waals surface area contributed by atoms with Gasteiger partial charge in [0.05, 0.1) is 12.7 Å². The Morgan fingerprint density at radius 3 is 2.74 bits per heavy atom. The lowest BCUT2D eigenvalue weighted by molar-refractivity contribution is -0.0390. The van der Waals surface area contributed by atoms with E-state index in [4.69, 9.17) is 9.47 Å². The zero-order chi connectivity index (χ0) is 16.5. The van der Waals surface area contributed by atoms with E-state index in [0.717, 1.165) is 38.6 Å². The fourth-order valence-electron chi connectivity index (χ4n) is 2.54. The van der Waals surface area contributed by atoms with Gasteiger partial charge in [0, 0.05) is 32.8 Å². The first-order chi connectivity index (χ1) is 11.2. The molecule has 1 heterocycles. The van der Waals surface area contributed by atoms with Gasteiger partial charge in [0.1, 0.15) is 0 Å². The number of rotatable bonds is 6. The molecule has 1 aliphatic rings. The third-order valence-electron chi connectivity index (χ3n) is 3.75. The molecule has 0 spiro atoms. The first kappa shape index (κ1) is 17.8. The summed E-state index contributed by atoms with van der Waals surface area (Å²) in [6, 6.07) is 8.87. The standard InChI is InChI=1S/C18H29N3O2/c1-14(2)21-18(19-3)20-12-15-5-4-6-16(11-15)13-23-17-7-9-22-10-8-17/h4-6,11,14,17H,7-10,12-13H2,1-3H3,(H2,19,20,21). The maximum absolute atomic E-state index is 5.99. The molecule has 2 rings (SSSR count). The third-order valence-corrected chi connectivity index (χ3v) is 3.75. The average Bonchev–Trinajstić information content (AvgIpc) is 2.58. The molecule has 0 unspecified atom stereocenters. The van der Waals surface area contributed by atoms with Crippen molar-refractivity contribution in [2.45, 2.75) is 52.0 Å². The van der Waals surface area contributed by atoms with Crippen LogP contribution in [0.2, 0.25) is 0 Å². The molecule has 1 aromatic carbocycles. The van der Waals surface area contributed by atoms with Gasteiger partial charge in [-0.05, 0) is 37.8 Å². The maximum Gasteiger partial charge on any atom is 0.191 e. The van der Waals surface area contributed by atoms with E-state index in [1.807, 2.05) is 0 Å². The smallest absolute Gasteiger partial charge is 0.191 e. The Kier molecular flexibility index (Phi) is 7.36. The molecular weight excluding hydrogens is 290 g/mol. The number of nitrogens with one attached hydrogen (secondary N) is 2. The van der Waals surface area contributed by atoms with Crippen molar-refractivity contribution in [1.29, 1.82) is 0 Å². The summed E-state index contributed by atoms with van der Waals surface area (Å²) in [7, 11) is 1.79. The largest absolute Gasteiger partial charge is 0.381 e. The zero-order valence-electron chi connectivity index (χ0n) is 14.5. The predicted octanol–water partition coefficient (Wildman–Crippen LogP) is 2.46. The van der Waals surface area contributed by atoms with Crippen LogP contribution in [0.15, 0.2) is 29.3 Å². The van der Waals surface area contributed by atoms with Crippen LogP contribution < -0.4 is 10.6 Å². The predicted molar refractivity (Wildman–Crippen MR) is 93.5 cm³/mol. The number of benzene rings is 1. The van der Waals surface area contributed by atoms with E-state index in [1.54, 1.807) is 7.05 Å². The summed E-state index contributed by atoms with van der Waals surface area (Å²) in [6.45, 7) is 7.24. The Balaban J connectivity index is 1.81. The van der Waals surface area contributed by atoms with E-state index in [0.29, 0.717) is 18.8 Å². The lowest BCUT2D eigenvalue weighted by atomic mass is 10.1. The molecule has 1 aromatic rings. The second-order valence-electron chi connectivity index (χ2n) is 6.17. The van der Waals surface area contributed by atoms with E-state index >= 15 is 0 Å². The van der Waals surface area contributed by atoms with Crippen molar-refractivity contribution >= 4 is 5.96 Å².